The smallest absolute Gasteiger partial charge is 0.268 e. The van der Waals surface area contributed by atoms with Crippen molar-refractivity contribution in [3.05, 3.63) is 11.1 Å². The molecule has 1 saturated heterocycles. The molecule has 100 valence electrons. The van der Waals surface area contributed by atoms with E-state index in [1.807, 2.05) is 4.90 Å². The van der Waals surface area contributed by atoms with Crippen molar-refractivity contribution < 1.29 is 17.4 Å². The van der Waals surface area contributed by atoms with Crippen molar-refractivity contribution in [3.63, 3.8) is 0 Å². The van der Waals surface area contributed by atoms with Gasteiger partial charge in [0.2, 0.25) is 0 Å². The minimum absolute atomic E-state index is 0.225. The number of rotatable bonds is 4. The van der Waals surface area contributed by atoms with Gasteiger partial charge in [-0.3, -0.25) is 8.98 Å². The zero-order valence-corrected chi connectivity index (χ0v) is 11.3. The lowest BCUT2D eigenvalue weighted by atomic mass is 10.3. The predicted molar refractivity (Wildman–Crippen MR) is 67.2 cm³/mol. The largest absolute Gasteiger partial charge is 0.364 e. The topological polar surface area (TPSA) is 103 Å². The van der Waals surface area contributed by atoms with E-state index in [1.165, 1.54) is 11.3 Å². The lowest BCUT2D eigenvalue weighted by Crippen LogP contribution is -2.24. The van der Waals surface area contributed by atoms with E-state index in [4.69, 9.17) is 9.92 Å². The molecule has 18 heavy (non-hydrogen) atoms. The minimum atomic E-state index is -3.44. The van der Waals surface area contributed by atoms with Crippen molar-refractivity contribution in [3.8, 4) is 0 Å². The van der Waals surface area contributed by atoms with Crippen LogP contribution in [-0.2, 0) is 14.3 Å². The highest BCUT2D eigenvalue weighted by Crippen LogP contribution is 2.25. The second-order valence-corrected chi connectivity index (χ2v) is 6.47. The number of thiazole rings is 1. The molecule has 0 unspecified atom stereocenters. The summed E-state index contributed by atoms with van der Waals surface area (Å²) < 4.78 is 26.9. The molecule has 0 spiro atoms. The monoisotopic (exact) mass is 291 g/mol. The number of amides is 1. The first-order chi connectivity index (χ1) is 8.35. The summed E-state index contributed by atoms with van der Waals surface area (Å²) in [6.45, 7) is 1.09. The van der Waals surface area contributed by atoms with Crippen molar-refractivity contribution in [1.29, 1.82) is 0 Å². The molecule has 1 aromatic rings. The Hall–Kier alpha value is -1.19. The number of carbonyl (C=O) groups is 1. The Morgan fingerprint density at radius 1 is 1.67 bits per heavy atom. The highest BCUT2D eigenvalue weighted by molar-refractivity contribution is 7.86. The molecule has 1 aliphatic heterocycles. The summed E-state index contributed by atoms with van der Waals surface area (Å²) in [5, 5.41) is 2.24. The first-order valence-corrected chi connectivity index (χ1v) is 7.93. The fourth-order valence-corrected chi connectivity index (χ4v) is 3.25. The van der Waals surface area contributed by atoms with Crippen molar-refractivity contribution in [2.24, 2.45) is 5.73 Å². The second kappa shape index (κ2) is 4.82. The van der Waals surface area contributed by atoms with Gasteiger partial charge in [-0.05, 0) is 6.42 Å². The van der Waals surface area contributed by atoms with Gasteiger partial charge in [-0.1, -0.05) is 0 Å². The van der Waals surface area contributed by atoms with Gasteiger partial charge in [0.25, 0.3) is 16.0 Å². The van der Waals surface area contributed by atoms with Gasteiger partial charge in [0.15, 0.2) is 5.13 Å². The standard InChI is InChI=1S/C9H13N3O4S2/c1-18(14,15)16-6-2-3-12(4-6)9-11-7(5-17-9)8(10)13/h5-6H,2-4H2,1H3,(H2,10,13)/t6-/m1/s1. The molecular weight excluding hydrogens is 278 g/mol. The van der Waals surface area contributed by atoms with Crippen LogP contribution in [0.4, 0.5) is 5.13 Å². The number of anilines is 1. The molecule has 2 rings (SSSR count). The third kappa shape index (κ3) is 3.18. The average Bonchev–Trinajstić information content (AvgIpc) is 2.81. The molecule has 0 saturated carbocycles. The predicted octanol–water partition coefficient (Wildman–Crippen LogP) is -0.203. The maximum absolute atomic E-state index is 11.0. The summed E-state index contributed by atoms with van der Waals surface area (Å²) in [5.41, 5.74) is 5.34. The van der Waals surface area contributed by atoms with Gasteiger partial charge in [0.05, 0.1) is 12.4 Å². The van der Waals surface area contributed by atoms with E-state index in [9.17, 15) is 13.2 Å². The van der Waals surface area contributed by atoms with E-state index in [2.05, 4.69) is 4.98 Å². The van der Waals surface area contributed by atoms with Gasteiger partial charge < -0.3 is 10.6 Å². The molecule has 7 nitrogen and oxygen atoms in total. The number of hydrogen-bond acceptors (Lipinski definition) is 7. The third-order valence-electron chi connectivity index (χ3n) is 2.47. The van der Waals surface area contributed by atoms with Crippen LogP contribution in [0.25, 0.3) is 0 Å². The van der Waals surface area contributed by atoms with Gasteiger partial charge in [0, 0.05) is 18.5 Å². The number of nitrogens with zero attached hydrogens (tertiary/aromatic N) is 2. The third-order valence-corrected chi connectivity index (χ3v) is 3.99. The molecule has 0 bridgehead atoms. The second-order valence-electron chi connectivity index (χ2n) is 4.04. The van der Waals surface area contributed by atoms with Crippen LogP contribution in [0.3, 0.4) is 0 Å². The van der Waals surface area contributed by atoms with Crippen LogP contribution in [0.15, 0.2) is 5.38 Å². The fraction of sp³-hybridized carbons (Fsp3) is 0.556. The summed E-state index contributed by atoms with van der Waals surface area (Å²) in [5.74, 6) is -0.569. The quantitative estimate of drug-likeness (QED) is 0.770. The van der Waals surface area contributed by atoms with Crippen LogP contribution < -0.4 is 10.6 Å². The summed E-state index contributed by atoms with van der Waals surface area (Å²) >= 11 is 1.30. The number of carbonyl (C=O) groups excluding carboxylic acids is 1. The SMILES string of the molecule is CS(=O)(=O)O[C@@H]1CCN(c2nc(C(N)=O)cs2)C1. The Morgan fingerprint density at radius 3 is 2.94 bits per heavy atom. The van der Waals surface area contributed by atoms with E-state index < -0.39 is 16.0 Å². The summed E-state index contributed by atoms with van der Waals surface area (Å²) in [7, 11) is -3.44. The van der Waals surface area contributed by atoms with Crippen molar-refractivity contribution in [1.82, 2.24) is 4.98 Å². The van der Waals surface area contributed by atoms with E-state index >= 15 is 0 Å². The maximum atomic E-state index is 11.0. The van der Waals surface area contributed by atoms with E-state index in [-0.39, 0.29) is 11.8 Å². The summed E-state index contributed by atoms with van der Waals surface area (Å²) in [6, 6.07) is 0. The van der Waals surface area contributed by atoms with Gasteiger partial charge in [-0.2, -0.15) is 8.42 Å². The van der Waals surface area contributed by atoms with E-state index in [1.54, 1.807) is 5.38 Å². The van der Waals surface area contributed by atoms with Gasteiger partial charge in [-0.15, -0.1) is 11.3 Å². The molecule has 0 aliphatic carbocycles. The fourth-order valence-electron chi connectivity index (χ4n) is 1.75. The number of nitrogens with two attached hydrogens (primary N) is 1. The van der Waals surface area contributed by atoms with E-state index in [0.717, 1.165) is 6.26 Å². The van der Waals surface area contributed by atoms with Crippen LogP contribution in [0, 0.1) is 0 Å². The average molecular weight is 291 g/mol. The van der Waals surface area contributed by atoms with Crippen molar-refractivity contribution >= 4 is 32.5 Å². The lowest BCUT2D eigenvalue weighted by molar-refractivity contribution is 0.0996. The molecular formula is C9H13N3O4S2. The van der Waals surface area contributed by atoms with Crippen LogP contribution >= 0.6 is 11.3 Å². The normalized spacial score (nSPS) is 20.3. The van der Waals surface area contributed by atoms with Gasteiger partial charge in [0.1, 0.15) is 5.69 Å². The minimum Gasteiger partial charge on any atom is -0.364 e. The Labute approximate surface area is 109 Å². The van der Waals surface area contributed by atoms with Crippen LogP contribution in [-0.4, -0.2) is 44.8 Å². The zero-order valence-electron chi connectivity index (χ0n) is 9.70. The Balaban J connectivity index is 2.02. The molecule has 2 N–H and O–H groups in total. The molecule has 1 aliphatic rings. The first-order valence-electron chi connectivity index (χ1n) is 5.24. The molecule has 1 atom stereocenters. The number of primary amides is 1. The molecule has 1 aromatic heterocycles. The maximum Gasteiger partial charge on any atom is 0.268 e. The van der Waals surface area contributed by atoms with Gasteiger partial charge in [-0.25, -0.2) is 4.98 Å². The highest BCUT2D eigenvalue weighted by atomic mass is 32.2. The lowest BCUT2D eigenvalue weighted by Gasteiger charge is -2.14. The molecule has 0 aromatic carbocycles. The Kier molecular flexibility index (Phi) is 3.55. The molecule has 1 amide bonds. The van der Waals surface area contributed by atoms with Crippen molar-refractivity contribution in [2.75, 3.05) is 24.2 Å². The molecule has 1 fully saturated rings. The summed E-state index contributed by atoms with van der Waals surface area (Å²) in [4.78, 5) is 16.9. The van der Waals surface area contributed by atoms with Gasteiger partial charge >= 0.3 is 0 Å². The number of hydrogen-bond donors (Lipinski definition) is 1. The van der Waals surface area contributed by atoms with Crippen LogP contribution in [0.2, 0.25) is 0 Å². The van der Waals surface area contributed by atoms with Crippen LogP contribution in [0.5, 0.6) is 0 Å². The summed E-state index contributed by atoms with van der Waals surface area (Å²) in [6.07, 6.45) is 1.28. The van der Waals surface area contributed by atoms with Crippen LogP contribution in [0.1, 0.15) is 16.9 Å². The molecule has 2 heterocycles. The molecule has 9 heteroatoms. The number of aromatic nitrogens is 1. The zero-order chi connectivity index (χ0) is 13.3. The molecule has 0 radical (unpaired) electrons. The first kappa shape index (κ1) is 13.2. The van der Waals surface area contributed by atoms with E-state index in [0.29, 0.717) is 24.6 Å². The Bertz CT molecular complexity index is 554. The Morgan fingerprint density at radius 2 is 2.39 bits per heavy atom. The van der Waals surface area contributed by atoms with Crippen molar-refractivity contribution in [2.45, 2.75) is 12.5 Å². The highest BCUT2D eigenvalue weighted by Gasteiger charge is 2.28.